The van der Waals surface area contributed by atoms with E-state index in [1.807, 2.05) is 0 Å². The monoisotopic (exact) mass is 625 g/mol. The van der Waals surface area contributed by atoms with Gasteiger partial charge in [-0.25, -0.2) is 23.1 Å². The van der Waals surface area contributed by atoms with E-state index in [0.29, 0.717) is 27.8 Å². The van der Waals surface area contributed by atoms with E-state index >= 15 is 0 Å². The van der Waals surface area contributed by atoms with Crippen LogP contribution in [0.2, 0.25) is 0 Å². The number of hydrazone groups is 1. The molecule has 1 atom stereocenters. The minimum Gasteiger partial charge on any atom is -0.508 e. The molecule has 2 amide bonds. The molecule has 1 unspecified atom stereocenters. The molecule has 0 aromatic heterocycles. The van der Waals surface area contributed by atoms with E-state index in [2.05, 4.69) is 10.4 Å². The highest BCUT2D eigenvalue weighted by atomic mass is 32.2. The molecule has 0 spiro atoms. The summed E-state index contributed by atoms with van der Waals surface area (Å²) >= 11 is 0. The summed E-state index contributed by atoms with van der Waals surface area (Å²) in [5, 5.41) is 28.3. The maximum absolute atomic E-state index is 12.3. The zero-order chi connectivity index (χ0) is 32.4. The van der Waals surface area contributed by atoms with E-state index < -0.39 is 40.2 Å². The standard InChI is InChI=1S/C24H25N5O6S.C2HF3O2/c25-23(31)20(12-18-11-16(13-28-26)7-10-21(18)30)29-24(32)35-14-15-5-8-17(9-6-15)19-3-1-2-4-22(19)36(27,33)34;3-2(4,5)1(6)7/h1-11,13,20,30H,12,14,26H2,(H2,25,31)(H,29,32)(H2,27,33,34);(H,6,7)/b28-13-;. The minimum atomic E-state index is -5.08. The zero-order valence-corrected chi connectivity index (χ0v) is 22.8. The van der Waals surface area contributed by atoms with Crippen molar-refractivity contribution in [2.45, 2.75) is 30.1 Å². The van der Waals surface area contributed by atoms with Crippen molar-refractivity contribution in [3.05, 3.63) is 83.4 Å². The van der Waals surface area contributed by atoms with Gasteiger partial charge in [0.05, 0.1) is 11.1 Å². The van der Waals surface area contributed by atoms with Gasteiger partial charge in [-0.05, 0) is 46.5 Å². The lowest BCUT2D eigenvalue weighted by atomic mass is 10.0. The van der Waals surface area contributed by atoms with Crippen LogP contribution in [-0.4, -0.2) is 55.0 Å². The van der Waals surface area contributed by atoms with Crippen LogP contribution in [0.3, 0.4) is 0 Å². The van der Waals surface area contributed by atoms with Gasteiger partial charge in [-0.15, -0.1) is 0 Å². The van der Waals surface area contributed by atoms with Gasteiger partial charge in [0.25, 0.3) is 0 Å². The van der Waals surface area contributed by atoms with Crippen molar-refractivity contribution in [1.82, 2.24) is 5.32 Å². The number of phenolic OH excluding ortho intramolecular Hbond substituents is 1. The first-order valence-corrected chi connectivity index (χ1v) is 13.4. The molecule has 0 aliphatic rings. The molecule has 17 heteroatoms. The number of alkyl carbamates (subject to hydrolysis) is 1. The maximum Gasteiger partial charge on any atom is 0.490 e. The van der Waals surface area contributed by atoms with Gasteiger partial charge >= 0.3 is 18.2 Å². The molecule has 43 heavy (non-hydrogen) atoms. The number of benzene rings is 3. The summed E-state index contributed by atoms with van der Waals surface area (Å²) in [5.74, 6) is 1.47. The van der Waals surface area contributed by atoms with Crippen LogP contribution in [-0.2, 0) is 37.4 Å². The lowest BCUT2D eigenvalue weighted by Crippen LogP contribution is -2.46. The normalized spacial score (nSPS) is 12.1. The number of aromatic hydroxyl groups is 1. The van der Waals surface area contributed by atoms with E-state index in [1.54, 1.807) is 54.6 Å². The van der Waals surface area contributed by atoms with Crippen molar-refractivity contribution in [1.29, 1.82) is 0 Å². The molecule has 0 saturated carbocycles. The Labute approximate surface area is 242 Å². The number of primary sulfonamides is 1. The highest BCUT2D eigenvalue weighted by Crippen LogP contribution is 2.27. The first-order valence-electron chi connectivity index (χ1n) is 11.8. The Bertz CT molecular complexity index is 1600. The third kappa shape index (κ3) is 10.6. The first-order chi connectivity index (χ1) is 20.0. The molecular weight excluding hydrogens is 599 g/mol. The Morgan fingerprint density at radius 1 is 1.05 bits per heavy atom. The molecule has 3 rings (SSSR count). The van der Waals surface area contributed by atoms with E-state index in [1.165, 1.54) is 18.3 Å². The predicted molar refractivity (Wildman–Crippen MR) is 147 cm³/mol. The number of nitrogens with zero attached hydrogens (tertiary/aromatic N) is 1. The van der Waals surface area contributed by atoms with Crippen molar-refractivity contribution >= 4 is 34.2 Å². The highest BCUT2D eigenvalue weighted by molar-refractivity contribution is 7.89. The smallest absolute Gasteiger partial charge is 0.490 e. The van der Waals surface area contributed by atoms with Crippen LogP contribution >= 0.6 is 0 Å². The Morgan fingerprint density at radius 2 is 1.65 bits per heavy atom. The Morgan fingerprint density at radius 3 is 2.19 bits per heavy atom. The Hall–Kier alpha value is -5.16. The van der Waals surface area contributed by atoms with Gasteiger partial charge in [-0.3, -0.25) is 4.79 Å². The zero-order valence-electron chi connectivity index (χ0n) is 22.0. The molecule has 0 aliphatic heterocycles. The van der Waals surface area contributed by atoms with Crippen LogP contribution in [0.15, 0.2) is 76.7 Å². The lowest BCUT2D eigenvalue weighted by molar-refractivity contribution is -0.192. The number of phenols is 1. The third-order valence-corrected chi connectivity index (χ3v) is 6.43. The van der Waals surface area contributed by atoms with E-state index in [4.69, 9.17) is 31.4 Å². The molecular formula is C26H26F3N5O8S. The third-order valence-electron chi connectivity index (χ3n) is 5.46. The van der Waals surface area contributed by atoms with Crippen molar-refractivity contribution in [2.75, 3.05) is 0 Å². The van der Waals surface area contributed by atoms with Gasteiger partial charge in [-0.2, -0.15) is 18.3 Å². The predicted octanol–water partition coefficient (Wildman–Crippen LogP) is 1.96. The number of carbonyl (C=O) groups is 3. The van der Waals surface area contributed by atoms with E-state index in [-0.39, 0.29) is 23.7 Å². The quantitative estimate of drug-likeness (QED) is 0.116. The fraction of sp³-hybridized carbons (Fsp3) is 0.154. The van der Waals surface area contributed by atoms with Crippen molar-refractivity contribution in [2.24, 2.45) is 21.8 Å². The summed E-state index contributed by atoms with van der Waals surface area (Å²) in [6.07, 6.45) is -4.69. The van der Waals surface area contributed by atoms with Crippen LogP contribution in [0.1, 0.15) is 16.7 Å². The van der Waals surface area contributed by atoms with Crippen LogP contribution in [0.5, 0.6) is 5.75 Å². The first kappa shape index (κ1) is 34.0. The highest BCUT2D eigenvalue weighted by Gasteiger charge is 2.38. The number of amides is 2. The maximum atomic E-state index is 12.3. The summed E-state index contributed by atoms with van der Waals surface area (Å²) in [7, 11) is -3.91. The van der Waals surface area contributed by atoms with E-state index in [9.17, 15) is 36.3 Å². The second kappa shape index (κ2) is 14.6. The molecule has 0 aliphatic carbocycles. The van der Waals surface area contributed by atoms with Gasteiger partial charge in [0.1, 0.15) is 18.4 Å². The molecule has 0 bridgehead atoms. The molecule has 0 saturated heterocycles. The van der Waals surface area contributed by atoms with Gasteiger partial charge in [-0.1, -0.05) is 42.5 Å². The molecule has 9 N–H and O–H groups in total. The number of nitrogens with one attached hydrogen (secondary N) is 1. The largest absolute Gasteiger partial charge is 0.508 e. The second-order valence-corrected chi connectivity index (χ2v) is 10.1. The number of carbonyl (C=O) groups excluding carboxylic acids is 2. The van der Waals surface area contributed by atoms with Crippen LogP contribution in [0.25, 0.3) is 11.1 Å². The Balaban J connectivity index is 0.000000821. The summed E-state index contributed by atoms with van der Waals surface area (Å²) in [5.41, 5.74) is 8.03. The topological polar surface area (TPSA) is 237 Å². The number of halogens is 3. The molecule has 0 heterocycles. The fourth-order valence-electron chi connectivity index (χ4n) is 3.44. The SMILES string of the molecule is N/N=C\c1ccc(O)c(CC(NC(=O)OCc2ccc(-c3ccccc3S(N)(=O)=O)cc2)C(N)=O)c1.O=C(O)C(F)(F)F. The Kier molecular flexibility index (Phi) is 11.6. The number of sulfonamides is 1. The molecule has 3 aromatic rings. The van der Waals surface area contributed by atoms with Gasteiger partial charge in [0.2, 0.25) is 15.9 Å². The van der Waals surface area contributed by atoms with Crippen molar-refractivity contribution in [3.8, 4) is 16.9 Å². The van der Waals surface area contributed by atoms with Gasteiger partial charge < -0.3 is 31.8 Å². The average Bonchev–Trinajstić information content (AvgIpc) is 2.93. The number of hydrogen-bond acceptors (Lipinski definition) is 9. The number of carboxylic acid groups (broad SMARTS) is 1. The van der Waals surface area contributed by atoms with Crippen LogP contribution in [0, 0.1) is 0 Å². The van der Waals surface area contributed by atoms with Crippen molar-refractivity contribution in [3.63, 3.8) is 0 Å². The average molecular weight is 626 g/mol. The lowest BCUT2D eigenvalue weighted by Gasteiger charge is -2.16. The van der Waals surface area contributed by atoms with Crippen LogP contribution in [0.4, 0.5) is 18.0 Å². The number of aliphatic carboxylic acids is 1. The number of hydrogen-bond donors (Lipinski definition) is 6. The van der Waals surface area contributed by atoms with Crippen molar-refractivity contribution < 1.29 is 50.9 Å². The summed E-state index contributed by atoms with van der Waals surface area (Å²) in [4.78, 5) is 33.1. The molecule has 0 fully saturated rings. The van der Waals surface area contributed by atoms with Gasteiger partial charge in [0.15, 0.2) is 0 Å². The molecule has 13 nitrogen and oxygen atoms in total. The molecule has 0 radical (unpaired) electrons. The second-order valence-electron chi connectivity index (χ2n) is 8.59. The number of carboxylic acids is 1. The minimum absolute atomic E-state index is 0.00208. The number of ether oxygens (including phenoxy) is 1. The molecule has 3 aromatic carbocycles. The summed E-state index contributed by atoms with van der Waals surface area (Å²) in [6, 6.07) is 16.4. The number of rotatable bonds is 9. The number of alkyl halides is 3. The van der Waals surface area contributed by atoms with Crippen LogP contribution < -0.4 is 22.0 Å². The van der Waals surface area contributed by atoms with Gasteiger partial charge in [0, 0.05) is 12.0 Å². The fourth-order valence-corrected chi connectivity index (χ4v) is 4.21. The number of nitrogens with two attached hydrogens (primary N) is 3. The summed E-state index contributed by atoms with van der Waals surface area (Å²) in [6.45, 7) is -0.123. The molecule has 230 valence electrons. The number of primary amides is 1. The van der Waals surface area contributed by atoms with E-state index in [0.717, 1.165) is 0 Å². The summed E-state index contributed by atoms with van der Waals surface area (Å²) < 4.78 is 60.6.